The summed E-state index contributed by atoms with van der Waals surface area (Å²) in [7, 11) is 2.09. The van der Waals surface area contributed by atoms with Crippen LogP contribution in [0.2, 0.25) is 5.02 Å². The van der Waals surface area contributed by atoms with Gasteiger partial charge in [0.15, 0.2) is 0 Å². The lowest BCUT2D eigenvalue weighted by atomic mass is 9.87. The number of aromatic nitrogens is 2. The average Bonchev–Trinajstić information content (AvgIpc) is 3.02. The average molecular weight is 386 g/mol. The standard InChI is InChI=1S/C21H28ClN3.C2H4/c1-4-6-8-16(5-2)17-11-13-25(14-12-17)15-20-23-21-18(22)9-7-10-19(21)24(20)3;1-2/h4,6-10,17H,5,11-15H2,1-3H3;1-2H2/b6-4-,16-8+;. The smallest absolute Gasteiger partial charge is 0.123 e. The summed E-state index contributed by atoms with van der Waals surface area (Å²) < 4.78 is 2.18. The number of piperidine rings is 1. The largest absolute Gasteiger partial charge is 0.330 e. The monoisotopic (exact) mass is 385 g/mol. The van der Waals surface area contributed by atoms with Gasteiger partial charge in [0.05, 0.1) is 17.1 Å². The minimum absolute atomic E-state index is 0.729. The SMILES string of the molecule is C/C=C\C=C(/CC)C1CCN(Cc2nc3c(Cl)cccc3n2C)CC1.C=C. The van der Waals surface area contributed by atoms with E-state index in [0.717, 1.165) is 53.9 Å². The van der Waals surface area contributed by atoms with Crippen molar-refractivity contribution in [2.75, 3.05) is 13.1 Å². The van der Waals surface area contributed by atoms with Crippen molar-refractivity contribution in [1.82, 2.24) is 14.5 Å². The second-order valence-corrected chi connectivity index (χ2v) is 7.27. The summed E-state index contributed by atoms with van der Waals surface area (Å²) in [6.45, 7) is 13.5. The fraction of sp³-hybridized carbons (Fsp3) is 0.435. The van der Waals surface area contributed by atoms with Gasteiger partial charge in [-0.2, -0.15) is 0 Å². The number of rotatable bonds is 5. The summed E-state index contributed by atoms with van der Waals surface area (Å²) >= 11 is 6.30. The topological polar surface area (TPSA) is 21.1 Å². The number of halogens is 1. The number of benzene rings is 1. The van der Waals surface area contributed by atoms with Gasteiger partial charge in [0, 0.05) is 7.05 Å². The molecule has 1 aliphatic rings. The number of likely N-dealkylation sites (tertiary alicyclic amines) is 1. The second kappa shape index (κ2) is 10.5. The third kappa shape index (κ3) is 5.12. The van der Waals surface area contributed by atoms with Crippen molar-refractivity contribution in [1.29, 1.82) is 0 Å². The quantitative estimate of drug-likeness (QED) is 0.454. The van der Waals surface area contributed by atoms with Gasteiger partial charge in [-0.3, -0.25) is 4.90 Å². The van der Waals surface area contributed by atoms with Gasteiger partial charge in [-0.05, 0) is 57.3 Å². The van der Waals surface area contributed by atoms with Crippen LogP contribution in [-0.2, 0) is 13.6 Å². The zero-order valence-corrected chi connectivity index (χ0v) is 17.7. The molecule has 1 aromatic heterocycles. The van der Waals surface area contributed by atoms with Crippen LogP contribution in [0.4, 0.5) is 0 Å². The van der Waals surface area contributed by atoms with Crippen LogP contribution in [0.3, 0.4) is 0 Å². The number of aryl methyl sites for hydroxylation is 1. The summed E-state index contributed by atoms with van der Waals surface area (Å²) in [5.41, 5.74) is 3.62. The van der Waals surface area contributed by atoms with Crippen LogP contribution in [0.15, 0.2) is 55.2 Å². The number of allylic oxidation sites excluding steroid dienone is 4. The number of para-hydroxylation sites is 1. The normalized spacial score (nSPS) is 16.7. The minimum atomic E-state index is 0.729. The summed E-state index contributed by atoms with van der Waals surface area (Å²) in [6, 6.07) is 5.99. The maximum Gasteiger partial charge on any atom is 0.123 e. The molecule has 0 atom stereocenters. The molecule has 0 N–H and O–H groups in total. The first-order chi connectivity index (χ1) is 13.1. The van der Waals surface area contributed by atoms with Gasteiger partial charge in [-0.25, -0.2) is 4.98 Å². The van der Waals surface area contributed by atoms with Crippen molar-refractivity contribution >= 4 is 22.6 Å². The lowest BCUT2D eigenvalue weighted by Gasteiger charge is -2.32. The highest BCUT2D eigenvalue weighted by Gasteiger charge is 2.22. The van der Waals surface area contributed by atoms with Gasteiger partial charge in [0.2, 0.25) is 0 Å². The summed E-state index contributed by atoms with van der Waals surface area (Å²) in [5.74, 6) is 1.83. The molecule has 0 radical (unpaired) electrons. The van der Waals surface area contributed by atoms with Crippen molar-refractivity contribution in [3.8, 4) is 0 Å². The van der Waals surface area contributed by atoms with Gasteiger partial charge < -0.3 is 4.57 Å². The molecule has 2 aromatic rings. The summed E-state index contributed by atoms with van der Waals surface area (Å²) in [5, 5.41) is 0.736. The molecule has 1 saturated heterocycles. The Morgan fingerprint density at radius 3 is 2.59 bits per heavy atom. The van der Waals surface area contributed by atoms with E-state index in [1.54, 1.807) is 5.57 Å². The lowest BCUT2D eigenvalue weighted by molar-refractivity contribution is 0.185. The first-order valence-electron chi connectivity index (χ1n) is 9.78. The van der Waals surface area contributed by atoms with E-state index in [0.29, 0.717) is 0 Å². The van der Waals surface area contributed by atoms with Gasteiger partial charge in [-0.15, -0.1) is 13.2 Å². The summed E-state index contributed by atoms with van der Waals surface area (Å²) in [6.07, 6.45) is 10.2. The van der Waals surface area contributed by atoms with Gasteiger partial charge in [0.25, 0.3) is 0 Å². The van der Waals surface area contributed by atoms with Gasteiger partial charge >= 0.3 is 0 Å². The summed E-state index contributed by atoms with van der Waals surface area (Å²) in [4.78, 5) is 7.31. The highest BCUT2D eigenvalue weighted by atomic mass is 35.5. The van der Waals surface area contributed by atoms with Gasteiger partial charge in [0.1, 0.15) is 11.3 Å². The first-order valence-corrected chi connectivity index (χ1v) is 10.2. The number of imidazole rings is 1. The van der Waals surface area contributed by atoms with Gasteiger partial charge in [-0.1, -0.05) is 48.4 Å². The third-order valence-corrected chi connectivity index (χ3v) is 5.65. The Kier molecular flexibility index (Phi) is 8.33. The molecule has 1 fully saturated rings. The highest BCUT2D eigenvalue weighted by molar-refractivity contribution is 6.34. The predicted octanol–water partition coefficient (Wildman–Crippen LogP) is 6.15. The lowest BCUT2D eigenvalue weighted by Crippen LogP contribution is -2.34. The van der Waals surface area contributed by atoms with Crippen LogP contribution in [0, 0.1) is 5.92 Å². The molecular formula is C23H32ClN3. The number of nitrogens with zero attached hydrogens (tertiary/aromatic N) is 3. The van der Waals surface area contributed by atoms with Crippen molar-refractivity contribution in [2.24, 2.45) is 13.0 Å². The van der Waals surface area contributed by atoms with E-state index in [1.165, 1.54) is 12.8 Å². The Morgan fingerprint density at radius 2 is 2.00 bits per heavy atom. The Bertz CT molecular complexity index is 795. The van der Waals surface area contributed by atoms with Crippen LogP contribution in [0.1, 0.15) is 38.9 Å². The van der Waals surface area contributed by atoms with E-state index < -0.39 is 0 Å². The van der Waals surface area contributed by atoms with Crippen molar-refractivity contribution in [3.63, 3.8) is 0 Å². The zero-order chi connectivity index (χ0) is 19.8. The van der Waals surface area contributed by atoms with Crippen LogP contribution in [0.5, 0.6) is 0 Å². The Hall–Kier alpha value is -1.84. The molecule has 27 heavy (non-hydrogen) atoms. The van der Waals surface area contributed by atoms with Crippen molar-refractivity contribution < 1.29 is 0 Å². The fourth-order valence-electron chi connectivity index (χ4n) is 3.79. The molecule has 4 heteroatoms. The maximum atomic E-state index is 6.30. The second-order valence-electron chi connectivity index (χ2n) is 6.87. The molecule has 1 aliphatic heterocycles. The van der Waals surface area contributed by atoms with E-state index in [1.807, 2.05) is 12.1 Å². The molecular weight excluding hydrogens is 354 g/mol. The Balaban J connectivity index is 0.00000126. The van der Waals surface area contributed by atoms with Crippen LogP contribution in [-0.4, -0.2) is 27.5 Å². The first kappa shape index (κ1) is 21.5. The minimum Gasteiger partial charge on any atom is -0.330 e. The molecule has 0 spiro atoms. The van der Waals surface area contributed by atoms with E-state index >= 15 is 0 Å². The van der Waals surface area contributed by atoms with Crippen LogP contribution < -0.4 is 0 Å². The fourth-order valence-corrected chi connectivity index (χ4v) is 4.01. The molecule has 0 unspecified atom stereocenters. The molecule has 1 aromatic carbocycles. The number of fused-ring (bicyclic) bond motifs is 1. The molecule has 0 saturated carbocycles. The van der Waals surface area contributed by atoms with Crippen LogP contribution >= 0.6 is 11.6 Å². The van der Waals surface area contributed by atoms with Crippen molar-refractivity contribution in [2.45, 2.75) is 39.7 Å². The number of hydrogen-bond donors (Lipinski definition) is 0. The maximum absolute atomic E-state index is 6.30. The predicted molar refractivity (Wildman–Crippen MR) is 118 cm³/mol. The molecule has 0 aliphatic carbocycles. The zero-order valence-electron chi connectivity index (χ0n) is 16.9. The Labute approximate surface area is 169 Å². The molecule has 2 heterocycles. The van der Waals surface area contributed by atoms with E-state index in [4.69, 9.17) is 16.6 Å². The highest BCUT2D eigenvalue weighted by Crippen LogP contribution is 2.28. The van der Waals surface area contributed by atoms with E-state index in [-0.39, 0.29) is 0 Å². The molecule has 0 bridgehead atoms. The van der Waals surface area contributed by atoms with E-state index in [2.05, 4.69) is 67.8 Å². The molecule has 0 amide bonds. The van der Waals surface area contributed by atoms with Crippen molar-refractivity contribution in [3.05, 3.63) is 66.0 Å². The molecule has 3 rings (SSSR count). The van der Waals surface area contributed by atoms with E-state index in [9.17, 15) is 0 Å². The molecule has 146 valence electrons. The number of hydrogen-bond acceptors (Lipinski definition) is 2. The Morgan fingerprint density at radius 1 is 1.30 bits per heavy atom. The third-order valence-electron chi connectivity index (χ3n) is 5.34. The molecule has 3 nitrogen and oxygen atoms in total. The van der Waals surface area contributed by atoms with Crippen LogP contribution in [0.25, 0.3) is 11.0 Å².